The smallest absolute Gasteiger partial charge is 0.261 e. The first-order valence-corrected chi connectivity index (χ1v) is 13.6. The molecule has 4 aromatic carbocycles. The average Bonchev–Trinajstić information content (AvgIpc) is 2.80. The summed E-state index contributed by atoms with van der Waals surface area (Å²) in [6.45, 7) is 0. The van der Waals surface area contributed by atoms with Gasteiger partial charge in [0.05, 0.1) is 9.79 Å². The van der Waals surface area contributed by atoms with Gasteiger partial charge in [-0.25, -0.2) is 16.8 Å². The van der Waals surface area contributed by atoms with Gasteiger partial charge in [-0.2, -0.15) is 0 Å². The Hall–Kier alpha value is -3.04. The molecule has 2 N–H and O–H groups in total. The monoisotopic (exact) mass is 532 g/mol. The van der Waals surface area contributed by atoms with Crippen molar-refractivity contribution in [3.05, 3.63) is 107 Å². The van der Waals surface area contributed by atoms with Crippen LogP contribution in [0.15, 0.2) is 107 Å². The molecule has 0 bridgehead atoms. The third-order valence-electron chi connectivity index (χ3n) is 4.86. The van der Waals surface area contributed by atoms with E-state index in [9.17, 15) is 16.8 Å². The second-order valence-corrected chi connectivity index (χ2v) is 11.5. The van der Waals surface area contributed by atoms with Crippen LogP contribution in [0.2, 0.25) is 10.0 Å². The zero-order valence-corrected chi connectivity index (χ0v) is 20.6. The lowest BCUT2D eigenvalue weighted by molar-refractivity contribution is 0.599. The molecule has 0 saturated carbocycles. The number of benzene rings is 4. The highest BCUT2D eigenvalue weighted by atomic mass is 35.5. The van der Waals surface area contributed by atoms with Crippen molar-refractivity contribution in [1.29, 1.82) is 0 Å². The molecule has 0 radical (unpaired) electrons. The Morgan fingerprint density at radius 2 is 0.735 bits per heavy atom. The summed E-state index contributed by atoms with van der Waals surface area (Å²) in [6.07, 6.45) is 0. The third-order valence-corrected chi connectivity index (χ3v) is 8.15. The standard InChI is InChI=1S/C24H18Cl2N2O4S2/c25-19-5-13-23(14-6-19)33(29,30)27-21-9-1-17(2-10-21)18-3-11-22(12-4-18)28-34(31,32)24-15-7-20(26)8-16-24/h1-16,27-28H. The number of halogens is 2. The summed E-state index contributed by atoms with van der Waals surface area (Å²) in [5.74, 6) is 0. The molecule has 34 heavy (non-hydrogen) atoms. The first-order valence-electron chi connectivity index (χ1n) is 9.90. The van der Waals surface area contributed by atoms with E-state index in [-0.39, 0.29) is 9.79 Å². The number of hydrogen-bond acceptors (Lipinski definition) is 4. The number of nitrogens with one attached hydrogen (secondary N) is 2. The lowest BCUT2D eigenvalue weighted by Crippen LogP contribution is -2.12. The van der Waals surface area contributed by atoms with Crippen molar-refractivity contribution in [2.45, 2.75) is 9.79 Å². The van der Waals surface area contributed by atoms with Crippen LogP contribution < -0.4 is 9.44 Å². The van der Waals surface area contributed by atoms with Crippen LogP contribution in [0.1, 0.15) is 0 Å². The highest BCUT2D eigenvalue weighted by Gasteiger charge is 2.15. The van der Waals surface area contributed by atoms with Gasteiger partial charge >= 0.3 is 0 Å². The molecule has 0 aliphatic carbocycles. The van der Waals surface area contributed by atoms with E-state index in [4.69, 9.17) is 23.2 Å². The minimum atomic E-state index is -3.74. The maximum absolute atomic E-state index is 12.5. The van der Waals surface area contributed by atoms with Crippen LogP contribution in [0.25, 0.3) is 11.1 Å². The van der Waals surface area contributed by atoms with Crippen molar-refractivity contribution in [2.24, 2.45) is 0 Å². The molecule has 0 saturated heterocycles. The average molecular weight is 533 g/mol. The number of hydrogen-bond donors (Lipinski definition) is 2. The van der Waals surface area contributed by atoms with Crippen LogP contribution in [-0.4, -0.2) is 16.8 Å². The predicted octanol–water partition coefficient (Wildman–Crippen LogP) is 6.26. The summed E-state index contributed by atoms with van der Waals surface area (Å²) >= 11 is 11.6. The second kappa shape index (κ2) is 9.68. The van der Waals surface area contributed by atoms with Gasteiger partial charge in [0, 0.05) is 21.4 Å². The highest BCUT2D eigenvalue weighted by Crippen LogP contribution is 2.26. The number of sulfonamides is 2. The SMILES string of the molecule is O=S(=O)(Nc1ccc(-c2ccc(NS(=O)(=O)c3ccc(Cl)cc3)cc2)cc1)c1ccc(Cl)cc1. The Morgan fingerprint density at radius 1 is 0.441 bits per heavy atom. The summed E-state index contributed by atoms with van der Waals surface area (Å²) in [6, 6.07) is 25.5. The van der Waals surface area contributed by atoms with Crippen LogP contribution in [0.5, 0.6) is 0 Å². The van der Waals surface area contributed by atoms with E-state index in [1.165, 1.54) is 48.5 Å². The maximum atomic E-state index is 12.5. The van der Waals surface area contributed by atoms with Crippen molar-refractivity contribution < 1.29 is 16.8 Å². The fourth-order valence-corrected chi connectivity index (χ4v) is 5.49. The summed E-state index contributed by atoms with van der Waals surface area (Å²) in [7, 11) is -7.47. The molecular weight excluding hydrogens is 515 g/mol. The van der Waals surface area contributed by atoms with E-state index in [1.54, 1.807) is 48.5 Å². The molecule has 4 rings (SSSR count). The molecule has 0 spiro atoms. The summed E-state index contributed by atoms with van der Waals surface area (Å²) in [4.78, 5) is 0.218. The van der Waals surface area contributed by atoms with Gasteiger partial charge in [-0.1, -0.05) is 47.5 Å². The maximum Gasteiger partial charge on any atom is 0.261 e. The van der Waals surface area contributed by atoms with Gasteiger partial charge in [0.1, 0.15) is 0 Å². The van der Waals surface area contributed by atoms with E-state index < -0.39 is 20.0 Å². The van der Waals surface area contributed by atoms with Gasteiger partial charge in [-0.15, -0.1) is 0 Å². The van der Waals surface area contributed by atoms with Crippen molar-refractivity contribution in [3.8, 4) is 11.1 Å². The molecular formula is C24H18Cl2N2O4S2. The Balaban J connectivity index is 1.46. The highest BCUT2D eigenvalue weighted by molar-refractivity contribution is 7.93. The molecule has 0 fully saturated rings. The molecule has 0 aliphatic rings. The Kier molecular flexibility index (Phi) is 6.86. The minimum absolute atomic E-state index is 0.109. The van der Waals surface area contributed by atoms with Crippen molar-refractivity contribution in [1.82, 2.24) is 0 Å². The van der Waals surface area contributed by atoms with Gasteiger partial charge in [0.15, 0.2) is 0 Å². The van der Waals surface area contributed by atoms with Crippen molar-refractivity contribution >= 4 is 54.6 Å². The van der Waals surface area contributed by atoms with Gasteiger partial charge in [-0.3, -0.25) is 9.44 Å². The van der Waals surface area contributed by atoms with E-state index in [0.29, 0.717) is 21.4 Å². The quantitative estimate of drug-likeness (QED) is 0.293. The zero-order valence-electron chi connectivity index (χ0n) is 17.4. The molecule has 0 amide bonds. The van der Waals surface area contributed by atoms with Crippen molar-refractivity contribution in [3.63, 3.8) is 0 Å². The second-order valence-electron chi connectivity index (χ2n) is 7.27. The van der Waals surface area contributed by atoms with Crippen LogP contribution in [-0.2, 0) is 20.0 Å². The molecule has 0 heterocycles. The fraction of sp³-hybridized carbons (Fsp3) is 0. The lowest BCUT2D eigenvalue weighted by atomic mass is 10.1. The van der Waals surface area contributed by atoms with Gasteiger partial charge < -0.3 is 0 Å². The molecule has 0 atom stereocenters. The van der Waals surface area contributed by atoms with Crippen molar-refractivity contribution in [2.75, 3.05) is 9.44 Å². The summed E-state index contributed by atoms with van der Waals surface area (Å²) < 4.78 is 55.1. The van der Waals surface area contributed by atoms with Gasteiger partial charge in [-0.05, 0) is 83.9 Å². The van der Waals surface area contributed by atoms with Gasteiger partial charge in [0.25, 0.3) is 20.0 Å². The number of rotatable bonds is 7. The van der Waals surface area contributed by atoms with Gasteiger partial charge in [0.2, 0.25) is 0 Å². The summed E-state index contributed by atoms with van der Waals surface area (Å²) in [5.41, 5.74) is 2.49. The third kappa shape index (κ3) is 5.71. The molecule has 0 unspecified atom stereocenters. The normalized spacial score (nSPS) is 11.7. The Morgan fingerprint density at radius 3 is 1.03 bits per heavy atom. The largest absolute Gasteiger partial charge is 0.280 e. The molecule has 6 nitrogen and oxygen atoms in total. The van der Waals surface area contributed by atoms with E-state index in [2.05, 4.69) is 9.44 Å². The zero-order chi connectivity index (χ0) is 24.3. The van der Waals surface area contributed by atoms with E-state index in [1.807, 2.05) is 0 Å². The molecule has 0 aromatic heterocycles. The van der Waals surface area contributed by atoms with E-state index in [0.717, 1.165) is 11.1 Å². The van der Waals surface area contributed by atoms with Crippen LogP contribution in [0, 0.1) is 0 Å². The molecule has 0 aliphatic heterocycles. The molecule has 174 valence electrons. The van der Waals surface area contributed by atoms with E-state index >= 15 is 0 Å². The predicted molar refractivity (Wildman–Crippen MR) is 136 cm³/mol. The molecule has 10 heteroatoms. The minimum Gasteiger partial charge on any atom is -0.280 e. The Labute approximate surface area is 208 Å². The summed E-state index contributed by atoms with van der Waals surface area (Å²) in [5, 5.41) is 0.902. The topological polar surface area (TPSA) is 92.3 Å². The fourth-order valence-electron chi connectivity index (χ4n) is 3.12. The van der Waals surface area contributed by atoms with Crippen LogP contribution >= 0.6 is 23.2 Å². The lowest BCUT2D eigenvalue weighted by Gasteiger charge is -2.11. The molecule has 4 aromatic rings. The first-order chi connectivity index (χ1) is 16.1. The van der Waals surface area contributed by atoms with Crippen LogP contribution in [0.3, 0.4) is 0 Å². The number of anilines is 2. The first kappa shape index (κ1) is 24.1. The Bertz CT molecular complexity index is 1390. The van der Waals surface area contributed by atoms with Crippen LogP contribution in [0.4, 0.5) is 11.4 Å².